The lowest BCUT2D eigenvalue weighted by atomic mass is 9.93. The molecule has 0 radical (unpaired) electrons. The smallest absolute Gasteiger partial charge is 0.231 e. The molecule has 1 atom stereocenters. The Balaban J connectivity index is 2.21. The Hall–Kier alpha value is -2.09. The van der Waals surface area contributed by atoms with E-state index < -0.39 is 0 Å². The zero-order valence-electron chi connectivity index (χ0n) is 13.0. The molecule has 0 saturated heterocycles. The highest BCUT2D eigenvalue weighted by Crippen LogP contribution is 2.24. The Morgan fingerprint density at radius 2 is 1.81 bits per heavy atom. The zero-order chi connectivity index (χ0) is 15.2. The molecule has 2 aromatic rings. The van der Waals surface area contributed by atoms with E-state index in [1.807, 2.05) is 56.3 Å². The molecular formula is C19H23NO. The molecule has 0 aromatic heterocycles. The summed E-state index contributed by atoms with van der Waals surface area (Å²) in [5, 5.41) is 3.10. The van der Waals surface area contributed by atoms with E-state index in [9.17, 15) is 4.79 Å². The maximum Gasteiger partial charge on any atom is 0.231 e. The van der Waals surface area contributed by atoms with Crippen LogP contribution in [0.3, 0.4) is 0 Å². The van der Waals surface area contributed by atoms with Gasteiger partial charge in [0, 0.05) is 5.69 Å². The number of hydrogen-bond acceptors (Lipinski definition) is 1. The number of benzene rings is 2. The standard InChI is InChI=1S/C19H23NO/c1-4-8-17(16-9-6-5-7-10-16)19(21)20-18-13-14(2)11-12-15(18)3/h5-7,9-13,17H,4,8H2,1-3H3,(H,20,21). The van der Waals surface area contributed by atoms with Crippen LogP contribution in [-0.2, 0) is 4.79 Å². The number of aryl methyl sites for hydroxylation is 2. The molecule has 1 N–H and O–H groups in total. The van der Waals surface area contributed by atoms with Crippen molar-refractivity contribution in [3.63, 3.8) is 0 Å². The number of amides is 1. The number of carbonyl (C=O) groups excluding carboxylic acids is 1. The van der Waals surface area contributed by atoms with Crippen molar-refractivity contribution in [2.45, 2.75) is 39.5 Å². The van der Waals surface area contributed by atoms with E-state index in [4.69, 9.17) is 0 Å². The fraction of sp³-hybridized carbons (Fsp3) is 0.316. The third-order valence-electron chi connectivity index (χ3n) is 3.75. The van der Waals surface area contributed by atoms with E-state index in [0.717, 1.165) is 35.2 Å². The predicted octanol–water partition coefficient (Wildman–Crippen LogP) is 4.83. The van der Waals surface area contributed by atoms with E-state index in [0.29, 0.717) is 0 Å². The van der Waals surface area contributed by atoms with Crippen molar-refractivity contribution in [2.75, 3.05) is 5.32 Å². The van der Waals surface area contributed by atoms with Gasteiger partial charge in [0.2, 0.25) is 5.91 Å². The highest BCUT2D eigenvalue weighted by molar-refractivity contribution is 5.96. The summed E-state index contributed by atoms with van der Waals surface area (Å²) in [5.74, 6) is -0.00661. The summed E-state index contributed by atoms with van der Waals surface area (Å²) in [7, 11) is 0. The SMILES string of the molecule is CCCC(C(=O)Nc1cc(C)ccc1C)c1ccccc1. The van der Waals surface area contributed by atoms with Crippen molar-refractivity contribution in [2.24, 2.45) is 0 Å². The Morgan fingerprint density at radius 1 is 1.10 bits per heavy atom. The maximum absolute atomic E-state index is 12.7. The van der Waals surface area contributed by atoms with Crippen molar-refractivity contribution in [1.29, 1.82) is 0 Å². The number of rotatable bonds is 5. The zero-order valence-corrected chi connectivity index (χ0v) is 13.0. The van der Waals surface area contributed by atoms with Gasteiger partial charge in [-0.05, 0) is 43.0 Å². The minimum absolute atomic E-state index is 0.0803. The van der Waals surface area contributed by atoms with Gasteiger partial charge in [0.15, 0.2) is 0 Å². The van der Waals surface area contributed by atoms with Crippen LogP contribution in [0.2, 0.25) is 0 Å². The fourth-order valence-electron chi connectivity index (χ4n) is 2.51. The average molecular weight is 281 g/mol. The van der Waals surface area contributed by atoms with Crippen LogP contribution in [-0.4, -0.2) is 5.91 Å². The van der Waals surface area contributed by atoms with Gasteiger partial charge in [-0.25, -0.2) is 0 Å². The Labute approximate surface area is 127 Å². The van der Waals surface area contributed by atoms with Crippen LogP contribution in [0.4, 0.5) is 5.69 Å². The second kappa shape index (κ2) is 7.07. The molecule has 0 aliphatic heterocycles. The summed E-state index contributed by atoms with van der Waals surface area (Å²) in [6.07, 6.45) is 1.85. The molecule has 0 aliphatic rings. The number of anilines is 1. The van der Waals surface area contributed by atoms with Crippen LogP contribution in [0.25, 0.3) is 0 Å². The molecule has 0 bridgehead atoms. The van der Waals surface area contributed by atoms with Gasteiger partial charge >= 0.3 is 0 Å². The summed E-state index contributed by atoms with van der Waals surface area (Å²) in [6, 6.07) is 16.2. The van der Waals surface area contributed by atoms with Crippen LogP contribution in [0.15, 0.2) is 48.5 Å². The van der Waals surface area contributed by atoms with Gasteiger partial charge in [-0.15, -0.1) is 0 Å². The largest absolute Gasteiger partial charge is 0.325 e. The molecule has 0 saturated carbocycles. The minimum atomic E-state index is -0.0869. The number of hydrogen-bond donors (Lipinski definition) is 1. The molecule has 2 rings (SSSR count). The van der Waals surface area contributed by atoms with Gasteiger partial charge in [-0.2, -0.15) is 0 Å². The maximum atomic E-state index is 12.7. The molecule has 2 aromatic carbocycles. The first-order valence-corrected chi connectivity index (χ1v) is 7.55. The lowest BCUT2D eigenvalue weighted by Crippen LogP contribution is -2.21. The van der Waals surface area contributed by atoms with Crippen LogP contribution < -0.4 is 5.32 Å². The van der Waals surface area contributed by atoms with Gasteiger partial charge in [0.05, 0.1) is 5.92 Å². The first-order valence-electron chi connectivity index (χ1n) is 7.55. The molecule has 1 amide bonds. The molecule has 2 heteroatoms. The lowest BCUT2D eigenvalue weighted by Gasteiger charge is -2.18. The van der Waals surface area contributed by atoms with Crippen molar-refractivity contribution < 1.29 is 4.79 Å². The van der Waals surface area contributed by atoms with Gasteiger partial charge in [0.25, 0.3) is 0 Å². The van der Waals surface area contributed by atoms with Crippen LogP contribution in [0.5, 0.6) is 0 Å². The van der Waals surface area contributed by atoms with Gasteiger partial charge in [0.1, 0.15) is 0 Å². The molecule has 0 fully saturated rings. The summed E-state index contributed by atoms with van der Waals surface area (Å²) < 4.78 is 0. The van der Waals surface area contributed by atoms with E-state index in [1.54, 1.807) is 0 Å². The molecule has 0 heterocycles. The van der Waals surface area contributed by atoms with Crippen molar-refractivity contribution in [1.82, 2.24) is 0 Å². The first-order chi connectivity index (χ1) is 10.1. The van der Waals surface area contributed by atoms with E-state index in [1.165, 1.54) is 0 Å². The topological polar surface area (TPSA) is 29.1 Å². The quantitative estimate of drug-likeness (QED) is 0.836. The van der Waals surface area contributed by atoms with E-state index in [2.05, 4.69) is 18.3 Å². The number of nitrogens with one attached hydrogen (secondary N) is 1. The molecule has 21 heavy (non-hydrogen) atoms. The lowest BCUT2D eigenvalue weighted by molar-refractivity contribution is -0.117. The summed E-state index contributed by atoms with van der Waals surface area (Å²) in [6.45, 7) is 6.17. The molecule has 0 aliphatic carbocycles. The van der Waals surface area contributed by atoms with Crippen LogP contribution in [0, 0.1) is 13.8 Å². The van der Waals surface area contributed by atoms with Crippen molar-refractivity contribution in [3.05, 3.63) is 65.2 Å². The number of carbonyl (C=O) groups is 1. The van der Waals surface area contributed by atoms with Gasteiger partial charge in [-0.3, -0.25) is 4.79 Å². The minimum Gasteiger partial charge on any atom is -0.325 e. The van der Waals surface area contributed by atoms with Gasteiger partial charge in [-0.1, -0.05) is 55.8 Å². The van der Waals surface area contributed by atoms with Crippen molar-refractivity contribution in [3.8, 4) is 0 Å². The third-order valence-corrected chi connectivity index (χ3v) is 3.75. The second-order valence-electron chi connectivity index (χ2n) is 5.56. The van der Waals surface area contributed by atoms with Crippen molar-refractivity contribution >= 4 is 11.6 Å². The summed E-state index contributed by atoms with van der Waals surface area (Å²) >= 11 is 0. The fourth-order valence-corrected chi connectivity index (χ4v) is 2.51. The average Bonchev–Trinajstić information content (AvgIpc) is 2.49. The monoisotopic (exact) mass is 281 g/mol. The molecule has 110 valence electrons. The second-order valence-corrected chi connectivity index (χ2v) is 5.56. The van der Waals surface area contributed by atoms with E-state index >= 15 is 0 Å². The summed E-state index contributed by atoms with van der Waals surface area (Å²) in [4.78, 5) is 12.7. The highest BCUT2D eigenvalue weighted by atomic mass is 16.1. The Kier molecular flexibility index (Phi) is 5.15. The Morgan fingerprint density at radius 3 is 2.48 bits per heavy atom. The summed E-state index contributed by atoms with van der Waals surface area (Å²) in [5.41, 5.74) is 4.25. The highest BCUT2D eigenvalue weighted by Gasteiger charge is 2.20. The molecule has 2 nitrogen and oxygen atoms in total. The van der Waals surface area contributed by atoms with Crippen LogP contribution >= 0.6 is 0 Å². The van der Waals surface area contributed by atoms with Crippen LogP contribution in [0.1, 0.15) is 42.4 Å². The third kappa shape index (κ3) is 3.94. The molecule has 1 unspecified atom stereocenters. The first kappa shape index (κ1) is 15.3. The van der Waals surface area contributed by atoms with E-state index in [-0.39, 0.29) is 11.8 Å². The normalized spacial score (nSPS) is 12.0. The molecular weight excluding hydrogens is 258 g/mol. The predicted molar refractivity (Wildman–Crippen MR) is 88.6 cm³/mol. The Bertz CT molecular complexity index is 604. The van der Waals surface area contributed by atoms with Gasteiger partial charge < -0.3 is 5.32 Å². The molecule has 0 spiro atoms.